The van der Waals surface area contributed by atoms with Gasteiger partial charge in [-0.1, -0.05) is 37.3 Å². The summed E-state index contributed by atoms with van der Waals surface area (Å²) in [4.78, 5) is 12.5. The quantitative estimate of drug-likeness (QED) is 0.685. The number of nitrogens with zero attached hydrogens (tertiary/aromatic N) is 1. The first-order valence-electron chi connectivity index (χ1n) is 6.80. The zero-order chi connectivity index (χ0) is 13.8. The van der Waals surface area contributed by atoms with E-state index >= 15 is 0 Å². The van der Waals surface area contributed by atoms with Crippen LogP contribution in [-0.4, -0.2) is 25.2 Å². The molecule has 14 heavy (non-hydrogen) atoms. The standard InChI is InChI=1S/C12H17NO/c1-4-12(10-14,13(2)3)11-8-6-5-7-9-11/h5-10H,4H2,1-3H3/t12-/m1/s1/i2D2,3D2. The average Bonchev–Trinajstić information content (AvgIpc) is 2.36. The molecule has 1 aromatic rings. The normalized spacial score (nSPS) is 19.7. The molecule has 76 valence electrons. The van der Waals surface area contributed by atoms with Crippen molar-refractivity contribution in [3.63, 3.8) is 0 Å². The molecular formula is C12H17NO. The van der Waals surface area contributed by atoms with Crippen molar-refractivity contribution in [1.82, 2.24) is 4.90 Å². The summed E-state index contributed by atoms with van der Waals surface area (Å²) < 4.78 is 29.9. The molecule has 0 unspecified atom stereocenters. The molecule has 0 spiro atoms. The maximum absolute atomic E-state index is 11.5. The third-order valence-electron chi connectivity index (χ3n) is 2.47. The second-order valence-corrected chi connectivity index (χ2v) is 3.17. The minimum atomic E-state index is -1.55. The van der Waals surface area contributed by atoms with Gasteiger partial charge in [0, 0.05) is 5.48 Å². The summed E-state index contributed by atoms with van der Waals surface area (Å²) in [6.07, 6.45) is 0.942. The number of carbonyl (C=O) groups excluding carboxylic acids is 1. The first kappa shape index (κ1) is 6.36. The second kappa shape index (κ2) is 4.38. The number of rotatable bonds is 4. The third kappa shape index (κ3) is 1.70. The maximum atomic E-state index is 11.5. The smallest absolute Gasteiger partial charge is 0.144 e. The van der Waals surface area contributed by atoms with Crippen LogP contribution in [0, 0.1) is 0 Å². The van der Waals surface area contributed by atoms with Crippen molar-refractivity contribution < 1.29 is 10.3 Å². The van der Waals surface area contributed by atoms with Crippen molar-refractivity contribution in [3.05, 3.63) is 35.9 Å². The fourth-order valence-corrected chi connectivity index (χ4v) is 1.47. The van der Waals surface area contributed by atoms with E-state index in [1.54, 1.807) is 37.3 Å². The largest absolute Gasteiger partial charge is 0.301 e. The fraction of sp³-hybridized carbons (Fsp3) is 0.417. The molecule has 0 radical (unpaired) electrons. The summed E-state index contributed by atoms with van der Waals surface area (Å²) >= 11 is 0. The number of carbonyl (C=O) groups is 1. The molecule has 0 aromatic heterocycles. The van der Waals surface area contributed by atoms with Crippen molar-refractivity contribution in [3.8, 4) is 0 Å². The number of hydrogen-bond acceptors (Lipinski definition) is 2. The average molecular weight is 195 g/mol. The fourth-order valence-electron chi connectivity index (χ4n) is 1.47. The lowest BCUT2D eigenvalue weighted by atomic mass is 9.87. The predicted octanol–water partition coefficient (Wildman–Crippen LogP) is 2.05. The summed E-state index contributed by atoms with van der Waals surface area (Å²) in [7, 11) is 0. The Bertz CT molecular complexity index is 377. The van der Waals surface area contributed by atoms with Gasteiger partial charge in [-0.2, -0.15) is 0 Å². The van der Waals surface area contributed by atoms with E-state index in [0.29, 0.717) is 18.3 Å². The van der Waals surface area contributed by atoms with Gasteiger partial charge in [-0.05, 0) is 26.0 Å². The van der Waals surface area contributed by atoms with Crippen LogP contribution in [0.5, 0.6) is 0 Å². The molecule has 1 aromatic carbocycles. The molecule has 0 aliphatic carbocycles. The monoisotopic (exact) mass is 195 g/mol. The van der Waals surface area contributed by atoms with Gasteiger partial charge in [0.15, 0.2) is 0 Å². The highest BCUT2D eigenvalue weighted by Crippen LogP contribution is 2.27. The van der Waals surface area contributed by atoms with Crippen LogP contribution in [0.15, 0.2) is 30.3 Å². The molecule has 2 nitrogen and oxygen atoms in total. The lowest BCUT2D eigenvalue weighted by Crippen LogP contribution is -2.42. The molecular weight excluding hydrogens is 174 g/mol. The van der Waals surface area contributed by atoms with E-state index in [2.05, 4.69) is 0 Å². The summed E-state index contributed by atoms with van der Waals surface area (Å²) in [6, 6.07) is 8.75. The summed E-state index contributed by atoms with van der Waals surface area (Å²) in [5, 5.41) is 0. The molecule has 1 rings (SSSR count). The first-order valence-corrected chi connectivity index (χ1v) is 4.49. The van der Waals surface area contributed by atoms with Crippen molar-refractivity contribution in [1.29, 1.82) is 0 Å². The van der Waals surface area contributed by atoms with E-state index in [-0.39, 0.29) is 0 Å². The van der Waals surface area contributed by atoms with Crippen LogP contribution in [0.4, 0.5) is 0 Å². The molecule has 0 N–H and O–H groups in total. The van der Waals surface area contributed by atoms with Crippen molar-refractivity contribution >= 4 is 6.29 Å². The van der Waals surface area contributed by atoms with E-state index in [1.807, 2.05) is 0 Å². The second-order valence-electron chi connectivity index (χ2n) is 3.17. The number of aldehydes is 1. The zero-order valence-corrected chi connectivity index (χ0v) is 8.18. The predicted molar refractivity (Wildman–Crippen MR) is 58.2 cm³/mol. The van der Waals surface area contributed by atoms with Gasteiger partial charge in [-0.25, -0.2) is 0 Å². The molecule has 0 aliphatic rings. The van der Waals surface area contributed by atoms with Gasteiger partial charge in [0.2, 0.25) is 0 Å². The van der Waals surface area contributed by atoms with Gasteiger partial charge < -0.3 is 4.79 Å². The molecule has 0 amide bonds. The lowest BCUT2D eigenvalue weighted by molar-refractivity contribution is -0.118. The molecule has 1 atom stereocenters. The maximum Gasteiger partial charge on any atom is 0.144 e. The van der Waals surface area contributed by atoms with Crippen LogP contribution < -0.4 is 0 Å². The Morgan fingerprint density at radius 1 is 1.43 bits per heavy atom. The van der Waals surface area contributed by atoms with Crippen LogP contribution in [-0.2, 0) is 10.3 Å². The van der Waals surface area contributed by atoms with Crippen LogP contribution >= 0.6 is 0 Å². The number of benzene rings is 1. The molecule has 0 saturated heterocycles. The SMILES string of the molecule is [2H]C([2H])N(C([2H])[2H])[C@@](C=O)(CC)c1ccccc1. The van der Waals surface area contributed by atoms with Crippen molar-refractivity contribution in [2.24, 2.45) is 0 Å². The Hall–Kier alpha value is -1.15. The van der Waals surface area contributed by atoms with Crippen LogP contribution in [0.2, 0.25) is 0 Å². The topological polar surface area (TPSA) is 20.3 Å². The first-order chi connectivity index (χ1) is 8.49. The summed E-state index contributed by atoms with van der Waals surface area (Å²) in [5.41, 5.74) is -0.652. The van der Waals surface area contributed by atoms with Crippen LogP contribution in [0.25, 0.3) is 0 Å². The van der Waals surface area contributed by atoms with Crippen LogP contribution in [0.1, 0.15) is 24.4 Å². The Kier molecular flexibility index (Phi) is 1.99. The Labute approximate surface area is 91.2 Å². The number of hydrogen-bond donors (Lipinski definition) is 0. The van der Waals surface area contributed by atoms with Gasteiger partial charge in [0.05, 0.1) is 0 Å². The minimum Gasteiger partial charge on any atom is -0.301 e. The molecule has 0 fully saturated rings. The summed E-state index contributed by atoms with van der Waals surface area (Å²) in [5.74, 6) is 0. The summed E-state index contributed by atoms with van der Waals surface area (Å²) in [6.45, 7) is -1.34. The van der Waals surface area contributed by atoms with E-state index in [1.165, 1.54) is 0 Å². The highest BCUT2D eigenvalue weighted by molar-refractivity contribution is 5.67. The molecule has 0 saturated carbocycles. The van der Waals surface area contributed by atoms with Crippen molar-refractivity contribution in [2.45, 2.75) is 18.9 Å². The highest BCUT2D eigenvalue weighted by atomic mass is 16.1. The van der Waals surface area contributed by atoms with E-state index in [0.717, 1.165) is 4.90 Å². The van der Waals surface area contributed by atoms with Gasteiger partial charge in [0.1, 0.15) is 11.8 Å². The van der Waals surface area contributed by atoms with Crippen LogP contribution in [0.3, 0.4) is 0 Å². The lowest BCUT2D eigenvalue weighted by Gasteiger charge is -2.34. The van der Waals surface area contributed by atoms with E-state index < -0.39 is 19.5 Å². The van der Waals surface area contributed by atoms with Gasteiger partial charge in [-0.15, -0.1) is 0 Å². The highest BCUT2D eigenvalue weighted by Gasteiger charge is 2.31. The van der Waals surface area contributed by atoms with Gasteiger partial charge >= 0.3 is 0 Å². The molecule has 0 heterocycles. The Balaban J connectivity index is 3.34. The minimum absolute atomic E-state index is 0.309. The Morgan fingerprint density at radius 3 is 2.50 bits per heavy atom. The van der Waals surface area contributed by atoms with E-state index in [9.17, 15) is 4.79 Å². The Morgan fingerprint density at radius 2 is 2.07 bits per heavy atom. The van der Waals surface area contributed by atoms with Crippen molar-refractivity contribution in [2.75, 3.05) is 14.0 Å². The third-order valence-corrected chi connectivity index (χ3v) is 2.47. The van der Waals surface area contributed by atoms with E-state index in [4.69, 9.17) is 5.48 Å². The van der Waals surface area contributed by atoms with Gasteiger partial charge in [0.25, 0.3) is 0 Å². The molecule has 0 bridgehead atoms. The van der Waals surface area contributed by atoms with Gasteiger partial charge in [-0.3, -0.25) is 4.90 Å². The molecule has 2 heteroatoms. The molecule has 0 aliphatic heterocycles. The zero-order valence-electron chi connectivity index (χ0n) is 12.2. The number of likely N-dealkylation sites (N-methyl/N-ethyl adjacent to an activating group) is 1.